The molecule has 0 aliphatic carbocycles. The average molecular weight is 369 g/mol. The van der Waals surface area contributed by atoms with E-state index >= 15 is 0 Å². The van der Waals surface area contributed by atoms with E-state index < -0.39 is 0 Å². The summed E-state index contributed by atoms with van der Waals surface area (Å²) < 4.78 is 0. The molecule has 2 aromatic carbocycles. The quantitative estimate of drug-likeness (QED) is 0.623. The van der Waals surface area contributed by atoms with Crippen LogP contribution in [0.1, 0.15) is 34.8 Å². The number of likely N-dealkylation sites (N-methyl/N-ethyl adjacent to an activating group) is 1. The van der Waals surface area contributed by atoms with Crippen LogP contribution in [0.2, 0.25) is 0 Å². The zero-order valence-electron chi connectivity index (χ0n) is 16.4. The van der Waals surface area contributed by atoms with Crippen LogP contribution in [0.15, 0.2) is 54.6 Å². The Kier molecular flexibility index (Phi) is 8.01. The number of hydrogen-bond donors (Lipinski definition) is 3. The Balaban J connectivity index is 1.73. The molecule has 2 aromatic rings. The SMILES string of the molecule is CNC(=O)c1ccc(C[NH+](C)CC(=O)N[C@@H](C)CCc2ccccc2)cc1. The molecule has 2 atom stereocenters. The van der Waals surface area contributed by atoms with Crippen LogP contribution in [-0.4, -0.2) is 38.5 Å². The Morgan fingerprint density at radius 3 is 2.30 bits per heavy atom. The number of carbonyl (C=O) groups is 2. The lowest BCUT2D eigenvalue weighted by molar-refractivity contribution is -0.885. The predicted molar refractivity (Wildman–Crippen MR) is 108 cm³/mol. The van der Waals surface area contributed by atoms with E-state index in [1.807, 2.05) is 56.4 Å². The molecule has 2 amide bonds. The van der Waals surface area contributed by atoms with Gasteiger partial charge in [0.05, 0.1) is 7.05 Å². The van der Waals surface area contributed by atoms with Crippen molar-refractivity contribution in [2.24, 2.45) is 0 Å². The molecule has 5 heteroatoms. The van der Waals surface area contributed by atoms with E-state index in [1.165, 1.54) is 5.56 Å². The Hall–Kier alpha value is -2.66. The molecule has 0 aliphatic heterocycles. The zero-order chi connectivity index (χ0) is 19.6. The fourth-order valence-corrected chi connectivity index (χ4v) is 3.03. The van der Waals surface area contributed by atoms with Crippen LogP contribution in [0.5, 0.6) is 0 Å². The summed E-state index contributed by atoms with van der Waals surface area (Å²) in [7, 11) is 3.62. The summed E-state index contributed by atoms with van der Waals surface area (Å²) >= 11 is 0. The van der Waals surface area contributed by atoms with Crippen molar-refractivity contribution in [3.8, 4) is 0 Å². The summed E-state index contributed by atoms with van der Waals surface area (Å²) in [5.41, 5.74) is 3.04. The van der Waals surface area contributed by atoms with E-state index in [0.717, 1.165) is 29.8 Å². The molecular weight excluding hydrogens is 338 g/mol. The van der Waals surface area contributed by atoms with Crippen molar-refractivity contribution in [2.45, 2.75) is 32.4 Å². The molecule has 0 fully saturated rings. The number of hydrogen-bond acceptors (Lipinski definition) is 2. The molecule has 0 aliphatic rings. The standard InChI is InChI=1S/C22H29N3O2/c1-17(9-10-18-7-5-4-6-8-18)24-21(26)16-25(3)15-19-11-13-20(14-12-19)22(27)23-2/h4-8,11-14,17H,9-10,15-16H2,1-3H3,(H,23,27)(H,24,26)/p+1/t17-/m0/s1. The van der Waals surface area contributed by atoms with Gasteiger partial charge in [0.1, 0.15) is 6.54 Å². The summed E-state index contributed by atoms with van der Waals surface area (Å²) in [6.45, 7) is 3.21. The molecule has 0 saturated heterocycles. The molecule has 0 saturated carbocycles. The van der Waals surface area contributed by atoms with E-state index in [4.69, 9.17) is 0 Å². The van der Waals surface area contributed by atoms with Crippen LogP contribution in [-0.2, 0) is 17.8 Å². The van der Waals surface area contributed by atoms with Crippen LogP contribution in [0.3, 0.4) is 0 Å². The molecule has 0 aromatic heterocycles. The zero-order valence-corrected chi connectivity index (χ0v) is 16.4. The van der Waals surface area contributed by atoms with Crippen LogP contribution in [0.25, 0.3) is 0 Å². The van der Waals surface area contributed by atoms with E-state index in [0.29, 0.717) is 12.1 Å². The number of rotatable bonds is 9. The molecule has 144 valence electrons. The monoisotopic (exact) mass is 368 g/mol. The van der Waals surface area contributed by atoms with Crippen molar-refractivity contribution in [2.75, 3.05) is 20.6 Å². The topological polar surface area (TPSA) is 62.6 Å². The first-order valence-corrected chi connectivity index (χ1v) is 9.43. The third-order valence-corrected chi connectivity index (χ3v) is 4.53. The van der Waals surface area contributed by atoms with Crippen molar-refractivity contribution in [1.82, 2.24) is 10.6 Å². The Labute approximate surface area is 161 Å². The van der Waals surface area contributed by atoms with Crippen LogP contribution < -0.4 is 15.5 Å². The molecule has 0 radical (unpaired) electrons. The van der Waals surface area contributed by atoms with Crippen LogP contribution >= 0.6 is 0 Å². The molecule has 27 heavy (non-hydrogen) atoms. The van der Waals surface area contributed by atoms with E-state index in [-0.39, 0.29) is 17.9 Å². The third-order valence-electron chi connectivity index (χ3n) is 4.53. The van der Waals surface area contributed by atoms with Crippen molar-refractivity contribution in [3.05, 3.63) is 71.3 Å². The van der Waals surface area contributed by atoms with Crippen molar-refractivity contribution in [3.63, 3.8) is 0 Å². The Bertz CT molecular complexity index is 729. The third kappa shape index (κ3) is 7.23. The maximum atomic E-state index is 12.3. The van der Waals surface area contributed by atoms with E-state index in [2.05, 4.69) is 22.8 Å². The van der Waals surface area contributed by atoms with Gasteiger partial charge in [-0.2, -0.15) is 0 Å². The largest absolute Gasteiger partial charge is 0.355 e. The van der Waals surface area contributed by atoms with Gasteiger partial charge in [-0.05, 0) is 37.5 Å². The number of quaternary nitrogens is 1. The number of aryl methyl sites for hydroxylation is 1. The smallest absolute Gasteiger partial charge is 0.275 e. The second kappa shape index (κ2) is 10.5. The highest BCUT2D eigenvalue weighted by Crippen LogP contribution is 2.05. The van der Waals surface area contributed by atoms with Gasteiger partial charge in [0.25, 0.3) is 11.8 Å². The predicted octanol–water partition coefficient (Wildman–Crippen LogP) is 1.20. The minimum absolute atomic E-state index is 0.0649. The summed E-state index contributed by atoms with van der Waals surface area (Å²) in [5.74, 6) is -0.0267. The maximum absolute atomic E-state index is 12.3. The Morgan fingerprint density at radius 1 is 1.00 bits per heavy atom. The molecule has 2 rings (SSSR count). The van der Waals surface area contributed by atoms with Gasteiger partial charge in [-0.3, -0.25) is 9.59 Å². The number of nitrogens with one attached hydrogen (secondary N) is 3. The molecular formula is C22H30N3O2+. The van der Waals surface area contributed by atoms with Crippen molar-refractivity contribution in [1.29, 1.82) is 0 Å². The van der Waals surface area contributed by atoms with Crippen molar-refractivity contribution < 1.29 is 14.5 Å². The number of carbonyl (C=O) groups excluding carboxylic acids is 2. The van der Waals surface area contributed by atoms with Gasteiger partial charge >= 0.3 is 0 Å². The highest BCUT2D eigenvalue weighted by molar-refractivity contribution is 5.93. The van der Waals surface area contributed by atoms with Gasteiger partial charge in [-0.15, -0.1) is 0 Å². The highest BCUT2D eigenvalue weighted by atomic mass is 16.2. The van der Waals surface area contributed by atoms with Gasteiger partial charge in [0.15, 0.2) is 6.54 Å². The number of benzene rings is 2. The molecule has 3 N–H and O–H groups in total. The molecule has 0 heterocycles. The Morgan fingerprint density at radius 2 is 1.67 bits per heavy atom. The van der Waals surface area contributed by atoms with Crippen LogP contribution in [0, 0.1) is 0 Å². The van der Waals surface area contributed by atoms with Gasteiger partial charge in [-0.25, -0.2) is 0 Å². The minimum Gasteiger partial charge on any atom is -0.355 e. The molecule has 1 unspecified atom stereocenters. The van der Waals surface area contributed by atoms with E-state index in [1.54, 1.807) is 7.05 Å². The van der Waals surface area contributed by atoms with Gasteiger partial charge in [0, 0.05) is 24.2 Å². The summed E-state index contributed by atoms with van der Waals surface area (Å²) in [6, 6.07) is 18.0. The lowest BCUT2D eigenvalue weighted by Crippen LogP contribution is -3.09. The lowest BCUT2D eigenvalue weighted by Gasteiger charge is -2.17. The first-order valence-electron chi connectivity index (χ1n) is 9.43. The summed E-state index contributed by atoms with van der Waals surface area (Å²) in [4.78, 5) is 24.9. The fourth-order valence-electron chi connectivity index (χ4n) is 3.03. The number of amides is 2. The fraction of sp³-hybridized carbons (Fsp3) is 0.364. The molecule has 0 spiro atoms. The highest BCUT2D eigenvalue weighted by Gasteiger charge is 2.13. The van der Waals surface area contributed by atoms with Crippen LogP contribution in [0.4, 0.5) is 0 Å². The minimum atomic E-state index is -0.0916. The normalized spacial score (nSPS) is 12.9. The maximum Gasteiger partial charge on any atom is 0.275 e. The van der Waals surface area contributed by atoms with E-state index in [9.17, 15) is 9.59 Å². The molecule has 5 nitrogen and oxygen atoms in total. The second-order valence-corrected chi connectivity index (χ2v) is 7.08. The second-order valence-electron chi connectivity index (χ2n) is 7.08. The summed E-state index contributed by atoms with van der Waals surface area (Å²) in [6.07, 6.45) is 1.89. The average Bonchev–Trinajstić information content (AvgIpc) is 2.67. The van der Waals surface area contributed by atoms with Crippen molar-refractivity contribution >= 4 is 11.8 Å². The summed E-state index contributed by atoms with van der Waals surface area (Å²) in [5, 5.41) is 5.70. The first-order chi connectivity index (χ1) is 13.0. The van der Waals surface area contributed by atoms with Gasteiger partial charge in [-0.1, -0.05) is 42.5 Å². The van der Waals surface area contributed by atoms with Gasteiger partial charge < -0.3 is 15.5 Å². The molecule has 0 bridgehead atoms. The van der Waals surface area contributed by atoms with Gasteiger partial charge in [0.2, 0.25) is 0 Å². The lowest BCUT2D eigenvalue weighted by atomic mass is 10.1. The first kappa shape index (κ1) is 20.6.